The number of carbonyl (C=O) groups excluding carboxylic acids is 1. The predicted octanol–water partition coefficient (Wildman–Crippen LogP) is 0.711. The van der Waals surface area contributed by atoms with Crippen LogP contribution in [0.2, 0.25) is 0 Å². The third-order valence-corrected chi connectivity index (χ3v) is 3.95. The summed E-state index contributed by atoms with van der Waals surface area (Å²) >= 11 is 0. The topological polar surface area (TPSA) is 58.6 Å². The Hall–Kier alpha value is -0.870. The molecule has 0 unspecified atom stereocenters. The molecule has 5 atom stereocenters. The molecule has 0 saturated heterocycles. The first-order chi connectivity index (χ1) is 8.11. The van der Waals surface area contributed by atoms with Crippen molar-refractivity contribution in [3.63, 3.8) is 0 Å². The van der Waals surface area contributed by atoms with Crippen LogP contribution in [0.1, 0.15) is 19.8 Å². The van der Waals surface area contributed by atoms with Crippen LogP contribution in [0.5, 0.6) is 0 Å². The SMILES string of the molecule is COC(=O)[C@H](NC[C@H]1C[C@H]2C=C[C@H]1C2)[C@@H](C)O. The first-order valence-electron chi connectivity index (χ1n) is 6.29. The van der Waals surface area contributed by atoms with E-state index in [4.69, 9.17) is 0 Å². The van der Waals surface area contributed by atoms with Crippen molar-refractivity contribution >= 4 is 5.97 Å². The Morgan fingerprint density at radius 3 is 2.76 bits per heavy atom. The van der Waals surface area contributed by atoms with E-state index >= 15 is 0 Å². The second-order valence-electron chi connectivity index (χ2n) is 5.19. The van der Waals surface area contributed by atoms with E-state index < -0.39 is 18.1 Å². The standard InChI is InChI=1S/C13H21NO3/c1-8(15)12(13(16)17-2)14-7-11-6-9-3-4-10(11)5-9/h3-4,8-12,14-15H,5-7H2,1-2H3/t8-,9+,10+,11-,12-/m1/s1. The molecule has 1 fully saturated rings. The molecule has 2 aliphatic carbocycles. The monoisotopic (exact) mass is 239 g/mol. The number of nitrogens with one attached hydrogen (secondary N) is 1. The van der Waals surface area contributed by atoms with Gasteiger partial charge in [0.2, 0.25) is 0 Å². The van der Waals surface area contributed by atoms with Gasteiger partial charge in [-0.15, -0.1) is 0 Å². The molecule has 0 aromatic heterocycles. The van der Waals surface area contributed by atoms with E-state index in [0.717, 1.165) is 12.5 Å². The molecule has 2 N–H and O–H groups in total. The molecule has 0 aliphatic heterocycles. The van der Waals surface area contributed by atoms with Crippen molar-refractivity contribution in [1.29, 1.82) is 0 Å². The molecule has 1 saturated carbocycles. The van der Waals surface area contributed by atoms with Gasteiger partial charge in [0, 0.05) is 0 Å². The summed E-state index contributed by atoms with van der Waals surface area (Å²) in [6.07, 6.45) is 6.31. The van der Waals surface area contributed by atoms with Crippen LogP contribution >= 0.6 is 0 Å². The van der Waals surface area contributed by atoms with Crippen LogP contribution < -0.4 is 5.32 Å². The maximum atomic E-state index is 11.5. The zero-order valence-corrected chi connectivity index (χ0v) is 10.4. The van der Waals surface area contributed by atoms with Gasteiger partial charge in [-0.05, 0) is 44.1 Å². The molecule has 0 aromatic carbocycles. The van der Waals surface area contributed by atoms with Gasteiger partial charge in [0.05, 0.1) is 13.2 Å². The van der Waals surface area contributed by atoms with Gasteiger partial charge in [-0.2, -0.15) is 0 Å². The number of esters is 1. The highest BCUT2D eigenvalue weighted by Crippen LogP contribution is 2.42. The van der Waals surface area contributed by atoms with Crippen molar-refractivity contribution in [1.82, 2.24) is 5.32 Å². The summed E-state index contributed by atoms with van der Waals surface area (Å²) in [5.41, 5.74) is 0. The number of allylic oxidation sites excluding steroid dienone is 2. The van der Waals surface area contributed by atoms with Crippen molar-refractivity contribution in [2.75, 3.05) is 13.7 Å². The molecule has 0 aromatic rings. The normalized spacial score (nSPS) is 33.7. The summed E-state index contributed by atoms with van der Waals surface area (Å²) in [5, 5.41) is 12.7. The summed E-state index contributed by atoms with van der Waals surface area (Å²) < 4.78 is 4.68. The van der Waals surface area contributed by atoms with E-state index in [9.17, 15) is 9.90 Å². The van der Waals surface area contributed by atoms with Crippen molar-refractivity contribution < 1.29 is 14.6 Å². The minimum Gasteiger partial charge on any atom is -0.468 e. The third-order valence-electron chi connectivity index (χ3n) is 3.95. The molecule has 17 heavy (non-hydrogen) atoms. The second-order valence-corrected chi connectivity index (χ2v) is 5.19. The van der Waals surface area contributed by atoms with Crippen LogP contribution in [-0.2, 0) is 9.53 Å². The molecule has 4 nitrogen and oxygen atoms in total. The zero-order valence-electron chi connectivity index (χ0n) is 10.4. The van der Waals surface area contributed by atoms with Gasteiger partial charge in [-0.1, -0.05) is 12.2 Å². The molecule has 4 heteroatoms. The fourth-order valence-corrected chi connectivity index (χ4v) is 2.99. The fraction of sp³-hybridized carbons (Fsp3) is 0.769. The number of fused-ring (bicyclic) bond motifs is 2. The third kappa shape index (κ3) is 2.69. The van der Waals surface area contributed by atoms with Crippen LogP contribution in [0.15, 0.2) is 12.2 Å². The fourth-order valence-electron chi connectivity index (χ4n) is 2.99. The van der Waals surface area contributed by atoms with Gasteiger partial charge >= 0.3 is 5.97 Å². The van der Waals surface area contributed by atoms with E-state index in [2.05, 4.69) is 22.2 Å². The van der Waals surface area contributed by atoms with Crippen molar-refractivity contribution in [2.45, 2.75) is 31.9 Å². The lowest BCUT2D eigenvalue weighted by Crippen LogP contribution is -2.47. The largest absolute Gasteiger partial charge is 0.468 e. The minimum atomic E-state index is -0.725. The highest BCUT2D eigenvalue weighted by molar-refractivity contribution is 5.76. The van der Waals surface area contributed by atoms with E-state index in [1.165, 1.54) is 20.0 Å². The van der Waals surface area contributed by atoms with Crippen LogP contribution in [0.25, 0.3) is 0 Å². The van der Waals surface area contributed by atoms with Crippen molar-refractivity contribution in [3.05, 3.63) is 12.2 Å². The number of aliphatic hydroxyl groups excluding tert-OH is 1. The maximum absolute atomic E-state index is 11.5. The molecular formula is C13H21NO3. The number of rotatable bonds is 5. The lowest BCUT2D eigenvalue weighted by molar-refractivity contribution is -0.145. The summed E-state index contributed by atoms with van der Waals surface area (Å²) in [6.45, 7) is 2.38. The number of methoxy groups -OCH3 is 1. The van der Waals surface area contributed by atoms with Gasteiger partial charge < -0.3 is 15.2 Å². The number of aliphatic hydroxyl groups is 1. The quantitative estimate of drug-likeness (QED) is 0.548. The van der Waals surface area contributed by atoms with Gasteiger partial charge in [0.1, 0.15) is 6.04 Å². The molecule has 2 aliphatic rings. The number of carbonyl (C=O) groups is 1. The Kier molecular flexibility index (Phi) is 3.84. The van der Waals surface area contributed by atoms with Gasteiger partial charge in [0.15, 0.2) is 0 Å². The van der Waals surface area contributed by atoms with Crippen LogP contribution in [0.3, 0.4) is 0 Å². The van der Waals surface area contributed by atoms with Gasteiger partial charge in [0.25, 0.3) is 0 Å². The number of hydrogen-bond donors (Lipinski definition) is 2. The summed E-state index contributed by atoms with van der Waals surface area (Å²) in [6, 6.07) is -0.608. The Bertz CT molecular complexity index is 314. The highest BCUT2D eigenvalue weighted by Gasteiger charge is 2.36. The second kappa shape index (κ2) is 5.19. The molecule has 0 spiro atoms. The summed E-state index contributed by atoms with van der Waals surface area (Å²) in [5.74, 6) is 1.59. The first-order valence-corrected chi connectivity index (χ1v) is 6.29. The molecule has 2 rings (SSSR count). The molecule has 0 heterocycles. The lowest BCUT2D eigenvalue weighted by Gasteiger charge is -2.24. The van der Waals surface area contributed by atoms with E-state index in [1.807, 2.05) is 0 Å². The van der Waals surface area contributed by atoms with Crippen molar-refractivity contribution in [3.8, 4) is 0 Å². The zero-order chi connectivity index (χ0) is 12.4. The highest BCUT2D eigenvalue weighted by atomic mass is 16.5. The Balaban J connectivity index is 1.83. The Morgan fingerprint density at radius 1 is 1.53 bits per heavy atom. The molecular weight excluding hydrogens is 218 g/mol. The van der Waals surface area contributed by atoms with Crippen molar-refractivity contribution in [2.24, 2.45) is 17.8 Å². The first kappa shape index (κ1) is 12.6. The average molecular weight is 239 g/mol. The lowest BCUT2D eigenvalue weighted by atomic mass is 9.93. The van der Waals surface area contributed by atoms with Gasteiger partial charge in [-0.25, -0.2) is 0 Å². The van der Waals surface area contributed by atoms with Crippen LogP contribution in [0, 0.1) is 17.8 Å². The van der Waals surface area contributed by atoms with Crippen LogP contribution in [0.4, 0.5) is 0 Å². The maximum Gasteiger partial charge on any atom is 0.325 e. The molecule has 2 bridgehead atoms. The smallest absolute Gasteiger partial charge is 0.325 e. The minimum absolute atomic E-state index is 0.390. The van der Waals surface area contributed by atoms with Gasteiger partial charge in [-0.3, -0.25) is 4.79 Å². The van der Waals surface area contributed by atoms with Crippen LogP contribution in [-0.4, -0.2) is 36.9 Å². The number of ether oxygens (including phenoxy) is 1. The summed E-state index contributed by atoms with van der Waals surface area (Å²) in [7, 11) is 1.35. The number of hydrogen-bond acceptors (Lipinski definition) is 4. The molecule has 0 amide bonds. The molecule has 0 radical (unpaired) electrons. The van der Waals surface area contributed by atoms with E-state index in [-0.39, 0.29) is 0 Å². The predicted molar refractivity (Wildman–Crippen MR) is 64.3 cm³/mol. The molecule has 96 valence electrons. The Labute approximate surface area is 102 Å². The Morgan fingerprint density at radius 2 is 2.29 bits per heavy atom. The van der Waals surface area contributed by atoms with E-state index in [0.29, 0.717) is 11.8 Å². The summed E-state index contributed by atoms with van der Waals surface area (Å²) in [4.78, 5) is 11.5. The average Bonchev–Trinajstić information content (AvgIpc) is 2.90. The van der Waals surface area contributed by atoms with E-state index in [1.54, 1.807) is 6.92 Å².